The highest BCUT2D eigenvalue weighted by Crippen LogP contribution is 2.28. The largest absolute Gasteiger partial charge is 0.488 e. The average Bonchev–Trinajstić information content (AvgIpc) is 3.11. The second kappa shape index (κ2) is 11.3. The van der Waals surface area contributed by atoms with Crippen molar-refractivity contribution in [3.8, 4) is 11.5 Å². The summed E-state index contributed by atoms with van der Waals surface area (Å²) in [5.41, 5.74) is 3.21. The second-order valence-electron chi connectivity index (χ2n) is 11.8. The van der Waals surface area contributed by atoms with Gasteiger partial charge in [-0.3, -0.25) is 0 Å². The maximum Gasteiger partial charge on any atom is 0.206 e. The van der Waals surface area contributed by atoms with Gasteiger partial charge in [-0.1, -0.05) is 63.2 Å². The van der Waals surface area contributed by atoms with Gasteiger partial charge >= 0.3 is 0 Å². The highest BCUT2D eigenvalue weighted by molar-refractivity contribution is 7.95. The normalized spacial score (nSPS) is 14.3. The zero-order valence-electron chi connectivity index (χ0n) is 23.7. The molecule has 4 rings (SSSR count). The third-order valence-corrected chi connectivity index (χ3v) is 8.12. The predicted octanol–water partition coefficient (Wildman–Crippen LogP) is 8.33. The van der Waals surface area contributed by atoms with Crippen LogP contribution in [-0.4, -0.2) is 14.0 Å². The Hall–Kier alpha value is -3.57. The summed E-state index contributed by atoms with van der Waals surface area (Å²) in [6.45, 7) is 12.4. The first-order valence-corrected chi connectivity index (χ1v) is 14.8. The molecule has 0 aliphatic heterocycles. The van der Waals surface area contributed by atoms with Gasteiger partial charge in [0, 0.05) is 0 Å². The molecule has 0 N–H and O–H groups in total. The molecular weight excluding hydrogens is 504 g/mol. The van der Waals surface area contributed by atoms with E-state index in [9.17, 15) is 8.42 Å². The Morgan fingerprint density at radius 3 is 1.79 bits per heavy atom. The van der Waals surface area contributed by atoms with Gasteiger partial charge in [0.15, 0.2) is 0 Å². The fourth-order valence-corrected chi connectivity index (χ4v) is 5.54. The SMILES string of the molecule is CC(C)(C)Oc1ccc(Cc2ccc(OC3=CCC=C(S(=O)(=O)c4ccc(C(C)(C)C)cc4)C=C3)cc2)cc1. The molecule has 1 aliphatic rings. The van der Waals surface area contributed by atoms with Gasteiger partial charge in [-0.2, -0.15) is 0 Å². The average molecular weight is 543 g/mol. The molecule has 0 atom stereocenters. The lowest BCUT2D eigenvalue weighted by Crippen LogP contribution is -2.22. The summed E-state index contributed by atoms with van der Waals surface area (Å²) >= 11 is 0. The van der Waals surface area contributed by atoms with Crippen molar-refractivity contribution in [3.05, 3.63) is 124 Å². The van der Waals surface area contributed by atoms with E-state index in [-0.39, 0.29) is 15.9 Å². The molecule has 0 saturated heterocycles. The van der Waals surface area contributed by atoms with Crippen LogP contribution in [0.15, 0.2) is 113 Å². The summed E-state index contributed by atoms with van der Waals surface area (Å²) in [5.74, 6) is 2.18. The first kappa shape index (κ1) is 28.4. The summed E-state index contributed by atoms with van der Waals surface area (Å²) in [7, 11) is -3.61. The van der Waals surface area contributed by atoms with Crippen molar-refractivity contribution in [2.75, 3.05) is 0 Å². The van der Waals surface area contributed by atoms with Crippen LogP contribution in [0.3, 0.4) is 0 Å². The van der Waals surface area contributed by atoms with Gasteiger partial charge in [-0.25, -0.2) is 8.42 Å². The van der Waals surface area contributed by atoms with Gasteiger partial charge in [0.25, 0.3) is 0 Å². The van der Waals surface area contributed by atoms with E-state index in [1.165, 1.54) is 11.1 Å². The monoisotopic (exact) mass is 542 g/mol. The Labute approximate surface area is 233 Å². The lowest BCUT2D eigenvalue weighted by molar-refractivity contribution is 0.131. The van der Waals surface area contributed by atoms with Gasteiger partial charge in [-0.05, 0) is 110 Å². The van der Waals surface area contributed by atoms with E-state index in [1.54, 1.807) is 30.4 Å². The number of sulfone groups is 1. The number of rotatable bonds is 7. The highest BCUT2D eigenvalue weighted by atomic mass is 32.2. The lowest BCUT2D eigenvalue weighted by atomic mass is 9.87. The fraction of sp³-hybridized carbons (Fsp3) is 0.294. The third kappa shape index (κ3) is 7.73. The van der Waals surface area contributed by atoms with Gasteiger partial charge in [0.2, 0.25) is 9.84 Å². The molecule has 0 fully saturated rings. The molecule has 0 amide bonds. The quantitative estimate of drug-likeness (QED) is 0.301. The van der Waals surface area contributed by atoms with E-state index < -0.39 is 9.84 Å². The minimum Gasteiger partial charge on any atom is -0.488 e. The molecule has 0 unspecified atom stereocenters. The molecule has 3 aromatic rings. The molecule has 0 bridgehead atoms. The molecule has 39 heavy (non-hydrogen) atoms. The highest BCUT2D eigenvalue weighted by Gasteiger charge is 2.21. The van der Waals surface area contributed by atoms with Crippen molar-refractivity contribution in [2.24, 2.45) is 0 Å². The van der Waals surface area contributed by atoms with Crippen LogP contribution in [-0.2, 0) is 21.7 Å². The van der Waals surface area contributed by atoms with Crippen molar-refractivity contribution in [3.63, 3.8) is 0 Å². The molecule has 3 aromatic carbocycles. The summed E-state index contributed by atoms with van der Waals surface area (Å²) in [5, 5.41) is 0. The van der Waals surface area contributed by atoms with E-state index in [1.807, 2.05) is 75.4 Å². The van der Waals surface area contributed by atoms with E-state index >= 15 is 0 Å². The Balaban J connectivity index is 1.37. The van der Waals surface area contributed by atoms with Gasteiger partial charge in [0.05, 0.1) is 9.80 Å². The minimum absolute atomic E-state index is 0.0366. The molecule has 5 heteroatoms. The van der Waals surface area contributed by atoms with Crippen molar-refractivity contribution in [1.82, 2.24) is 0 Å². The van der Waals surface area contributed by atoms with Crippen molar-refractivity contribution in [2.45, 2.75) is 70.3 Å². The third-order valence-electron chi connectivity index (χ3n) is 6.31. The Kier molecular flexibility index (Phi) is 8.22. The minimum atomic E-state index is -3.61. The molecule has 4 nitrogen and oxygen atoms in total. The maximum atomic E-state index is 13.2. The lowest BCUT2D eigenvalue weighted by Gasteiger charge is -2.21. The number of benzene rings is 3. The van der Waals surface area contributed by atoms with E-state index in [0.29, 0.717) is 22.8 Å². The zero-order chi connectivity index (χ0) is 28.3. The van der Waals surface area contributed by atoms with E-state index in [4.69, 9.17) is 9.47 Å². The molecule has 0 spiro atoms. The molecule has 0 aromatic heterocycles. The second-order valence-corrected chi connectivity index (χ2v) is 13.8. The maximum absolute atomic E-state index is 13.2. The molecule has 0 saturated carbocycles. The van der Waals surface area contributed by atoms with Crippen molar-refractivity contribution >= 4 is 9.84 Å². The molecule has 0 heterocycles. The first-order valence-electron chi connectivity index (χ1n) is 13.3. The smallest absolute Gasteiger partial charge is 0.206 e. The number of allylic oxidation sites excluding steroid dienone is 4. The van der Waals surface area contributed by atoms with E-state index in [0.717, 1.165) is 17.7 Å². The van der Waals surface area contributed by atoms with Crippen LogP contribution in [0.2, 0.25) is 0 Å². The summed E-state index contributed by atoms with van der Waals surface area (Å²) in [6, 6.07) is 23.3. The van der Waals surface area contributed by atoms with Gasteiger partial charge in [0.1, 0.15) is 22.9 Å². The Morgan fingerprint density at radius 1 is 0.692 bits per heavy atom. The fourth-order valence-electron chi connectivity index (χ4n) is 4.21. The summed E-state index contributed by atoms with van der Waals surface area (Å²) in [4.78, 5) is 0.567. The zero-order valence-corrected chi connectivity index (χ0v) is 24.5. The number of ether oxygens (including phenoxy) is 2. The van der Waals surface area contributed by atoms with Gasteiger partial charge < -0.3 is 9.47 Å². The van der Waals surface area contributed by atoms with Crippen LogP contribution in [0, 0.1) is 0 Å². The van der Waals surface area contributed by atoms with Crippen molar-refractivity contribution in [1.29, 1.82) is 0 Å². The van der Waals surface area contributed by atoms with Crippen molar-refractivity contribution < 1.29 is 17.9 Å². The van der Waals surface area contributed by atoms with Crippen LogP contribution < -0.4 is 9.47 Å². The van der Waals surface area contributed by atoms with Crippen LogP contribution in [0.5, 0.6) is 11.5 Å². The van der Waals surface area contributed by atoms with Crippen LogP contribution in [0.1, 0.15) is 64.7 Å². The number of hydrogen-bond acceptors (Lipinski definition) is 4. The first-order chi connectivity index (χ1) is 18.3. The predicted molar refractivity (Wildman–Crippen MR) is 159 cm³/mol. The summed E-state index contributed by atoms with van der Waals surface area (Å²) < 4.78 is 38.4. The molecule has 1 aliphatic carbocycles. The van der Waals surface area contributed by atoms with Crippen LogP contribution in [0.4, 0.5) is 0 Å². The topological polar surface area (TPSA) is 52.6 Å². The standard InChI is InChI=1S/C34H38O4S/c1-33(2,3)27-14-21-32(22-15-27)39(35,36)31-9-7-8-28(20-23-31)37-29-16-10-25(11-17-29)24-26-12-18-30(19-13-26)38-34(4,5)6/h8-23H,7,24H2,1-6H3. The van der Waals surface area contributed by atoms with Crippen LogP contribution >= 0.6 is 0 Å². The molecular formula is C34H38O4S. The Morgan fingerprint density at radius 2 is 1.26 bits per heavy atom. The summed E-state index contributed by atoms with van der Waals surface area (Å²) in [6.07, 6.45) is 8.21. The van der Waals surface area contributed by atoms with Crippen LogP contribution in [0.25, 0.3) is 0 Å². The molecule has 204 valence electrons. The molecule has 0 radical (unpaired) electrons. The van der Waals surface area contributed by atoms with E-state index in [2.05, 4.69) is 32.9 Å². The van der Waals surface area contributed by atoms with Gasteiger partial charge in [-0.15, -0.1) is 0 Å². The Bertz CT molecular complexity index is 1480. The number of hydrogen-bond donors (Lipinski definition) is 0.